The van der Waals surface area contributed by atoms with E-state index in [0.29, 0.717) is 6.04 Å². The monoisotopic (exact) mass is 267 g/mol. The van der Waals surface area contributed by atoms with Crippen molar-refractivity contribution in [3.05, 3.63) is 48.8 Å². The van der Waals surface area contributed by atoms with E-state index in [1.54, 1.807) is 0 Å². The van der Waals surface area contributed by atoms with Gasteiger partial charge in [-0.2, -0.15) is 0 Å². The van der Waals surface area contributed by atoms with E-state index >= 15 is 0 Å². The maximum Gasteiger partial charge on any atom is 0.0469 e. The summed E-state index contributed by atoms with van der Waals surface area (Å²) in [6.07, 6.45) is 8.27. The molecular weight excluding hydrogens is 246 g/mol. The Morgan fingerprint density at radius 2 is 1.85 bits per heavy atom. The fourth-order valence-corrected chi connectivity index (χ4v) is 3.18. The van der Waals surface area contributed by atoms with Gasteiger partial charge in [-0.15, -0.1) is 0 Å². The summed E-state index contributed by atoms with van der Waals surface area (Å²) >= 11 is 0. The van der Waals surface area contributed by atoms with Crippen LogP contribution in [0.15, 0.2) is 48.8 Å². The van der Waals surface area contributed by atoms with Gasteiger partial charge in [-0.3, -0.25) is 4.90 Å². The quantitative estimate of drug-likeness (QED) is 0.918. The summed E-state index contributed by atoms with van der Waals surface area (Å²) in [6.45, 7) is 2.47. The highest BCUT2D eigenvalue weighted by molar-refractivity contribution is 5.52. The third-order valence-corrected chi connectivity index (χ3v) is 4.40. The Morgan fingerprint density at radius 3 is 2.65 bits per heavy atom. The molecule has 1 aromatic carbocycles. The molecule has 104 valence electrons. The number of nitrogens with one attached hydrogen (secondary N) is 1. The Morgan fingerprint density at radius 1 is 1.00 bits per heavy atom. The van der Waals surface area contributed by atoms with Gasteiger partial charge in [0.2, 0.25) is 0 Å². The minimum absolute atomic E-state index is 0.607. The van der Waals surface area contributed by atoms with Gasteiger partial charge in [-0.05, 0) is 49.6 Å². The van der Waals surface area contributed by atoms with E-state index < -0.39 is 0 Å². The predicted octanol–water partition coefficient (Wildman–Crippen LogP) is 3.13. The van der Waals surface area contributed by atoms with Crippen LogP contribution < -0.4 is 5.32 Å². The van der Waals surface area contributed by atoms with Crippen LogP contribution in [0.2, 0.25) is 0 Å². The van der Waals surface area contributed by atoms with Crippen molar-refractivity contribution in [1.82, 2.24) is 9.47 Å². The highest BCUT2D eigenvalue weighted by Crippen LogP contribution is 2.30. The molecule has 0 amide bonds. The highest BCUT2D eigenvalue weighted by Gasteiger charge is 2.34. The molecule has 1 saturated carbocycles. The lowest BCUT2D eigenvalue weighted by atomic mass is 10.2. The molecule has 4 rings (SSSR count). The Labute approximate surface area is 120 Å². The Hall–Kier alpha value is -1.74. The van der Waals surface area contributed by atoms with Crippen LogP contribution in [0.25, 0.3) is 5.69 Å². The SMILES string of the molecule is c1cc(NC2CCN(C3CC3)C2)cc(-n2cccc2)c1. The number of rotatable bonds is 4. The zero-order chi connectivity index (χ0) is 13.4. The number of aromatic nitrogens is 1. The summed E-state index contributed by atoms with van der Waals surface area (Å²) < 4.78 is 2.15. The Bertz CT molecular complexity index is 572. The summed E-state index contributed by atoms with van der Waals surface area (Å²) in [5, 5.41) is 3.70. The molecule has 20 heavy (non-hydrogen) atoms. The van der Waals surface area contributed by atoms with Gasteiger partial charge >= 0.3 is 0 Å². The van der Waals surface area contributed by atoms with E-state index in [2.05, 4.69) is 63.6 Å². The Kier molecular flexibility index (Phi) is 3.00. The van der Waals surface area contributed by atoms with Crippen LogP contribution in [0.4, 0.5) is 5.69 Å². The molecule has 0 spiro atoms. The Balaban J connectivity index is 1.45. The number of nitrogens with zero attached hydrogens (tertiary/aromatic N) is 2. The zero-order valence-electron chi connectivity index (χ0n) is 11.7. The van der Waals surface area contributed by atoms with Crippen LogP contribution in [0.3, 0.4) is 0 Å². The molecule has 1 atom stereocenters. The molecule has 2 aromatic rings. The summed E-state index contributed by atoms with van der Waals surface area (Å²) in [6, 6.07) is 14.3. The van der Waals surface area contributed by atoms with E-state index in [1.807, 2.05) is 0 Å². The maximum atomic E-state index is 3.70. The third kappa shape index (κ3) is 2.46. The minimum atomic E-state index is 0.607. The van der Waals surface area contributed by atoms with E-state index in [1.165, 1.54) is 43.7 Å². The van der Waals surface area contributed by atoms with Crippen molar-refractivity contribution >= 4 is 5.69 Å². The third-order valence-electron chi connectivity index (χ3n) is 4.40. The van der Waals surface area contributed by atoms with Crippen molar-refractivity contribution < 1.29 is 0 Å². The molecule has 1 aromatic heterocycles. The standard InChI is InChI=1S/C17H21N3/c1-2-10-19(9-1)17-5-3-4-14(12-17)18-15-8-11-20(13-15)16-6-7-16/h1-5,9-10,12,15-16,18H,6-8,11,13H2. The first-order valence-electron chi connectivity index (χ1n) is 7.62. The zero-order valence-corrected chi connectivity index (χ0v) is 11.7. The number of benzene rings is 1. The normalized spacial score (nSPS) is 23.1. The molecule has 3 heteroatoms. The van der Waals surface area contributed by atoms with E-state index in [-0.39, 0.29) is 0 Å². The maximum absolute atomic E-state index is 3.70. The van der Waals surface area contributed by atoms with E-state index in [9.17, 15) is 0 Å². The van der Waals surface area contributed by atoms with Crippen LogP contribution in [0.1, 0.15) is 19.3 Å². The minimum Gasteiger partial charge on any atom is -0.381 e. The molecule has 2 fully saturated rings. The predicted molar refractivity (Wildman–Crippen MR) is 82.4 cm³/mol. The van der Waals surface area contributed by atoms with Crippen molar-refractivity contribution in [2.75, 3.05) is 18.4 Å². The molecule has 0 bridgehead atoms. The topological polar surface area (TPSA) is 20.2 Å². The summed E-state index contributed by atoms with van der Waals surface area (Å²) in [7, 11) is 0. The van der Waals surface area contributed by atoms with Crippen molar-refractivity contribution in [2.45, 2.75) is 31.3 Å². The highest BCUT2D eigenvalue weighted by atomic mass is 15.2. The van der Waals surface area contributed by atoms with Gasteiger partial charge in [0.25, 0.3) is 0 Å². The first-order chi connectivity index (χ1) is 9.88. The van der Waals surface area contributed by atoms with Crippen molar-refractivity contribution in [2.24, 2.45) is 0 Å². The second-order valence-corrected chi connectivity index (χ2v) is 6.00. The first-order valence-corrected chi connectivity index (χ1v) is 7.62. The molecular formula is C17H21N3. The van der Waals surface area contributed by atoms with E-state index in [4.69, 9.17) is 0 Å². The van der Waals surface area contributed by atoms with Crippen LogP contribution >= 0.6 is 0 Å². The van der Waals surface area contributed by atoms with Gasteiger partial charge in [0.05, 0.1) is 0 Å². The van der Waals surface area contributed by atoms with Crippen LogP contribution in [-0.4, -0.2) is 34.6 Å². The summed E-state index contributed by atoms with van der Waals surface area (Å²) in [5.41, 5.74) is 2.45. The summed E-state index contributed by atoms with van der Waals surface area (Å²) in [5.74, 6) is 0. The molecule has 3 nitrogen and oxygen atoms in total. The van der Waals surface area contributed by atoms with Gasteiger partial charge < -0.3 is 9.88 Å². The van der Waals surface area contributed by atoms with Crippen LogP contribution in [0.5, 0.6) is 0 Å². The molecule has 2 aliphatic rings. The lowest BCUT2D eigenvalue weighted by Crippen LogP contribution is -2.27. The number of hydrogen-bond acceptors (Lipinski definition) is 2. The van der Waals surface area contributed by atoms with Gasteiger partial charge in [0.15, 0.2) is 0 Å². The molecule has 1 unspecified atom stereocenters. The van der Waals surface area contributed by atoms with Crippen LogP contribution in [-0.2, 0) is 0 Å². The second kappa shape index (κ2) is 4.98. The number of likely N-dealkylation sites (tertiary alicyclic amines) is 1. The molecule has 2 heterocycles. The van der Waals surface area contributed by atoms with E-state index in [0.717, 1.165) is 6.04 Å². The molecule has 1 aliphatic carbocycles. The second-order valence-electron chi connectivity index (χ2n) is 6.00. The lowest BCUT2D eigenvalue weighted by molar-refractivity contribution is 0.326. The van der Waals surface area contributed by atoms with Gasteiger partial charge in [0, 0.05) is 48.9 Å². The first kappa shape index (κ1) is 12.0. The molecule has 0 radical (unpaired) electrons. The van der Waals surface area contributed by atoms with Gasteiger partial charge in [-0.1, -0.05) is 6.07 Å². The molecule has 1 saturated heterocycles. The van der Waals surface area contributed by atoms with Crippen molar-refractivity contribution in [1.29, 1.82) is 0 Å². The van der Waals surface area contributed by atoms with Crippen molar-refractivity contribution in [3.8, 4) is 5.69 Å². The smallest absolute Gasteiger partial charge is 0.0469 e. The fourth-order valence-electron chi connectivity index (χ4n) is 3.18. The van der Waals surface area contributed by atoms with Crippen molar-refractivity contribution in [3.63, 3.8) is 0 Å². The molecule has 1 N–H and O–H groups in total. The van der Waals surface area contributed by atoms with Gasteiger partial charge in [0.1, 0.15) is 0 Å². The molecule has 1 aliphatic heterocycles. The van der Waals surface area contributed by atoms with Gasteiger partial charge in [-0.25, -0.2) is 0 Å². The lowest BCUT2D eigenvalue weighted by Gasteiger charge is -2.17. The van der Waals surface area contributed by atoms with Crippen LogP contribution in [0, 0.1) is 0 Å². The summed E-state index contributed by atoms with van der Waals surface area (Å²) in [4.78, 5) is 2.65. The number of anilines is 1. The average Bonchev–Trinajstić information content (AvgIpc) is 3.00. The largest absolute Gasteiger partial charge is 0.381 e. The average molecular weight is 267 g/mol. The number of hydrogen-bond donors (Lipinski definition) is 1. The fraction of sp³-hybridized carbons (Fsp3) is 0.412.